The molecular weight excluding hydrogens is 244 g/mol. The van der Waals surface area contributed by atoms with Crippen molar-refractivity contribution in [2.24, 2.45) is 5.73 Å². The second-order valence-corrected chi connectivity index (χ2v) is 5.14. The Labute approximate surface area is 113 Å². The molecule has 2 heterocycles. The molecule has 2 N–H and O–H groups in total. The Bertz CT molecular complexity index is 428. The standard InChI is InChI=1S/C13H22N4O2/c1-9(14)13(18)17-6-4-16(5-7-17)8-12-15-10(2)11(3)19-12/h9H,4-8,14H2,1-3H3. The predicted molar refractivity (Wildman–Crippen MR) is 71.5 cm³/mol. The van der Waals surface area contributed by atoms with Gasteiger partial charge in [-0.3, -0.25) is 9.69 Å². The Morgan fingerprint density at radius 3 is 2.47 bits per heavy atom. The van der Waals surface area contributed by atoms with Crippen LogP contribution < -0.4 is 5.73 Å². The van der Waals surface area contributed by atoms with Crippen LogP contribution in [0.15, 0.2) is 4.42 Å². The highest BCUT2D eigenvalue weighted by Gasteiger charge is 2.23. The van der Waals surface area contributed by atoms with E-state index in [1.54, 1.807) is 6.92 Å². The molecule has 0 radical (unpaired) electrons. The van der Waals surface area contributed by atoms with Gasteiger partial charge >= 0.3 is 0 Å². The maximum Gasteiger partial charge on any atom is 0.239 e. The van der Waals surface area contributed by atoms with Crippen LogP contribution in [0.1, 0.15) is 24.3 Å². The number of amides is 1. The minimum atomic E-state index is -0.413. The molecular formula is C13H22N4O2. The van der Waals surface area contributed by atoms with E-state index < -0.39 is 6.04 Å². The molecule has 0 bridgehead atoms. The fourth-order valence-corrected chi connectivity index (χ4v) is 2.21. The molecule has 1 unspecified atom stereocenters. The number of oxazole rings is 1. The number of nitrogens with zero attached hydrogens (tertiary/aromatic N) is 3. The van der Waals surface area contributed by atoms with Gasteiger partial charge in [0.05, 0.1) is 18.3 Å². The van der Waals surface area contributed by atoms with Gasteiger partial charge in [-0.2, -0.15) is 0 Å². The normalized spacial score (nSPS) is 18.6. The van der Waals surface area contributed by atoms with Crippen molar-refractivity contribution in [3.05, 3.63) is 17.3 Å². The lowest BCUT2D eigenvalue weighted by molar-refractivity contribution is -0.134. The average Bonchev–Trinajstić information content (AvgIpc) is 2.68. The molecule has 6 nitrogen and oxygen atoms in total. The molecule has 1 saturated heterocycles. The summed E-state index contributed by atoms with van der Waals surface area (Å²) < 4.78 is 5.58. The molecule has 1 aliphatic heterocycles. The van der Waals surface area contributed by atoms with Gasteiger partial charge in [-0.25, -0.2) is 4.98 Å². The average molecular weight is 266 g/mol. The number of carbonyl (C=O) groups is 1. The number of aryl methyl sites for hydroxylation is 2. The summed E-state index contributed by atoms with van der Waals surface area (Å²) in [5.41, 5.74) is 6.56. The molecule has 1 fully saturated rings. The third-order valence-corrected chi connectivity index (χ3v) is 3.51. The van der Waals surface area contributed by atoms with Crippen LogP contribution in [0.2, 0.25) is 0 Å². The topological polar surface area (TPSA) is 75.6 Å². The Hall–Kier alpha value is -1.40. The highest BCUT2D eigenvalue weighted by Crippen LogP contribution is 2.12. The Balaban J connectivity index is 1.85. The van der Waals surface area contributed by atoms with Gasteiger partial charge in [-0.05, 0) is 20.8 Å². The van der Waals surface area contributed by atoms with Crippen LogP contribution in [0.4, 0.5) is 0 Å². The highest BCUT2D eigenvalue weighted by atomic mass is 16.4. The van der Waals surface area contributed by atoms with Crippen molar-refractivity contribution in [3.8, 4) is 0 Å². The summed E-state index contributed by atoms with van der Waals surface area (Å²) in [4.78, 5) is 20.2. The fourth-order valence-electron chi connectivity index (χ4n) is 2.21. The van der Waals surface area contributed by atoms with E-state index in [1.165, 1.54) is 0 Å². The smallest absolute Gasteiger partial charge is 0.239 e. The lowest BCUT2D eigenvalue weighted by atomic mass is 10.2. The van der Waals surface area contributed by atoms with Crippen molar-refractivity contribution in [1.82, 2.24) is 14.8 Å². The van der Waals surface area contributed by atoms with E-state index in [-0.39, 0.29) is 5.91 Å². The second-order valence-electron chi connectivity index (χ2n) is 5.14. The first-order chi connectivity index (χ1) is 8.97. The molecule has 1 aromatic heterocycles. The molecule has 106 valence electrons. The molecule has 0 aliphatic carbocycles. The maximum atomic E-state index is 11.8. The van der Waals surface area contributed by atoms with Crippen molar-refractivity contribution in [2.45, 2.75) is 33.4 Å². The zero-order valence-electron chi connectivity index (χ0n) is 11.8. The van der Waals surface area contributed by atoms with E-state index in [9.17, 15) is 4.79 Å². The monoisotopic (exact) mass is 266 g/mol. The molecule has 0 spiro atoms. The van der Waals surface area contributed by atoms with Crippen LogP contribution in [0, 0.1) is 13.8 Å². The third kappa shape index (κ3) is 3.33. The molecule has 1 aliphatic rings. The summed E-state index contributed by atoms with van der Waals surface area (Å²) in [6, 6.07) is -0.413. The maximum absolute atomic E-state index is 11.8. The van der Waals surface area contributed by atoms with Crippen molar-refractivity contribution >= 4 is 5.91 Å². The molecule has 0 aromatic carbocycles. The van der Waals surface area contributed by atoms with E-state index in [0.29, 0.717) is 6.54 Å². The van der Waals surface area contributed by atoms with Gasteiger partial charge in [0.2, 0.25) is 11.8 Å². The van der Waals surface area contributed by atoms with Gasteiger partial charge in [-0.1, -0.05) is 0 Å². The van der Waals surface area contributed by atoms with E-state index in [0.717, 1.165) is 43.5 Å². The first-order valence-electron chi connectivity index (χ1n) is 6.67. The van der Waals surface area contributed by atoms with Crippen LogP contribution in [0.25, 0.3) is 0 Å². The molecule has 1 atom stereocenters. The van der Waals surface area contributed by atoms with E-state index in [2.05, 4.69) is 9.88 Å². The van der Waals surface area contributed by atoms with Crippen LogP contribution in [-0.4, -0.2) is 52.9 Å². The Kier molecular flexibility index (Phi) is 4.21. The predicted octanol–water partition coefficient (Wildman–Crippen LogP) is 0.283. The number of hydrogen-bond donors (Lipinski definition) is 1. The largest absolute Gasteiger partial charge is 0.444 e. The van der Waals surface area contributed by atoms with Crippen molar-refractivity contribution in [1.29, 1.82) is 0 Å². The zero-order valence-corrected chi connectivity index (χ0v) is 11.8. The van der Waals surface area contributed by atoms with Gasteiger partial charge in [0.15, 0.2) is 0 Å². The summed E-state index contributed by atoms with van der Waals surface area (Å²) in [7, 11) is 0. The number of hydrogen-bond acceptors (Lipinski definition) is 5. The minimum absolute atomic E-state index is 0.0301. The summed E-state index contributed by atoms with van der Waals surface area (Å²) in [5, 5.41) is 0. The first kappa shape index (κ1) is 14.0. The lowest BCUT2D eigenvalue weighted by Gasteiger charge is -2.34. The van der Waals surface area contributed by atoms with Crippen LogP contribution in [0.3, 0.4) is 0 Å². The summed E-state index contributed by atoms with van der Waals surface area (Å²) in [5.74, 6) is 1.66. The molecule has 2 rings (SSSR count). The van der Waals surface area contributed by atoms with Crippen LogP contribution in [0.5, 0.6) is 0 Å². The second kappa shape index (κ2) is 5.71. The molecule has 1 amide bonds. The summed E-state index contributed by atoms with van der Waals surface area (Å²) >= 11 is 0. The van der Waals surface area contributed by atoms with Gasteiger partial charge in [0.1, 0.15) is 5.76 Å². The number of piperazine rings is 1. The van der Waals surface area contributed by atoms with Crippen LogP contribution >= 0.6 is 0 Å². The number of rotatable bonds is 3. The number of carbonyl (C=O) groups excluding carboxylic acids is 1. The van der Waals surface area contributed by atoms with Gasteiger partial charge in [-0.15, -0.1) is 0 Å². The van der Waals surface area contributed by atoms with Crippen molar-refractivity contribution in [3.63, 3.8) is 0 Å². The molecule has 19 heavy (non-hydrogen) atoms. The zero-order chi connectivity index (χ0) is 14.0. The number of aromatic nitrogens is 1. The quantitative estimate of drug-likeness (QED) is 0.850. The summed E-state index contributed by atoms with van der Waals surface area (Å²) in [6.07, 6.45) is 0. The van der Waals surface area contributed by atoms with Gasteiger partial charge < -0.3 is 15.1 Å². The minimum Gasteiger partial charge on any atom is -0.444 e. The van der Waals surface area contributed by atoms with Crippen LogP contribution in [-0.2, 0) is 11.3 Å². The molecule has 1 aromatic rings. The molecule has 0 saturated carbocycles. The van der Waals surface area contributed by atoms with Gasteiger partial charge in [0.25, 0.3) is 0 Å². The third-order valence-electron chi connectivity index (χ3n) is 3.51. The first-order valence-corrected chi connectivity index (χ1v) is 6.67. The highest BCUT2D eigenvalue weighted by molar-refractivity contribution is 5.81. The van der Waals surface area contributed by atoms with Crippen molar-refractivity contribution < 1.29 is 9.21 Å². The lowest BCUT2D eigenvalue weighted by Crippen LogP contribution is -2.52. The SMILES string of the molecule is Cc1nc(CN2CCN(C(=O)C(C)N)CC2)oc1C. The fraction of sp³-hybridized carbons (Fsp3) is 0.692. The van der Waals surface area contributed by atoms with E-state index in [4.69, 9.17) is 10.2 Å². The summed E-state index contributed by atoms with van der Waals surface area (Å²) in [6.45, 7) is 9.41. The van der Waals surface area contributed by atoms with E-state index >= 15 is 0 Å². The molecule has 6 heteroatoms. The van der Waals surface area contributed by atoms with E-state index in [1.807, 2.05) is 18.7 Å². The van der Waals surface area contributed by atoms with Gasteiger partial charge in [0, 0.05) is 26.2 Å². The van der Waals surface area contributed by atoms with Crippen molar-refractivity contribution in [2.75, 3.05) is 26.2 Å². The Morgan fingerprint density at radius 1 is 1.37 bits per heavy atom. The number of nitrogens with two attached hydrogens (primary N) is 1. The Morgan fingerprint density at radius 2 is 2.00 bits per heavy atom.